The summed E-state index contributed by atoms with van der Waals surface area (Å²) in [7, 11) is 1.98. The first-order chi connectivity index (χ1) is 8.68. The topological polar surface area (TPSA) is 29.3 Å². The number of nitrogens with two attached hydrogens (primary N) is 1. The monoisotopic (exact) mass is 286 g/mol. The lowest BCUT2D eigenvalue weighted by atomic mass is 9.86. The van der Waals surface area contributed by atoms with Gasteiger partial charge in [-0.1, -0.05) is 32.4 Å². The number of halogens is 2. The molecule has 0 fully saturated rings. The fraction of sp³-hybridized carbons (Fsp3) is 0.600. The molecule has 1 aromatic rings. The Morgan fingerprint density at radius 1 is 1.37 bits per heavy atom. The Hall–Kier alpha value is -0.640. The van der Waals surface area contributed by atoms with E-state index in [0.29, 0.717) is 17.1 Å². The summed E-state index contributed by atoms with van der Waals surface area (Å²) in [4.78, 5) is 2.12. The van der Waals surface area contributed by atoms with Gasteiger partial charge in [0.1, 0.15) is 5.82 Å². The summed E-state index contributed by atoms with van der Waals surface area (Å²) < 4.78 is 14.0. The Morgan fingerprint density at radius 3 is 2.42 bits per heavy atom. The fourth-order valence-corrected chi connectivity index (χ4v) is 2.34. The van der Waals surface area contributed by atoms with Gasteiger partial charge in [-0.2, -0.15) is 0 Å². The van der Waals surface area contributed by atoms with Crippen molar-refractivity contribution in [3.8, 4) is 0 Å². The first-order valence-electron chi connectivity index (χ1n) is 6.55. The average molecular weight is 287 g/mol. The van der Waals surface area contributed by atoms with Crippen molar-refractivity contribution in [2.24, 2.45) is 11.1 Å². The van der Waals surface area contributed by atoms with Crippen LogP contribution in [0.5, 0.6) is 0 Å². The minimum Gasteiger partial charge on any atom is -0.329 e. The van der Waals surface area contributed by atoms with Crippen LogP contribution in [-0.4, -0.2) is 24.5 Å². The molecule has 0 aliphatic rings. The number of hydrogen-bond acceptors (Lipinski definition) is 2. The summed E-state index contributed by atoms with van der Waals surface area (Å²) in [5.41, 5.74) is 6.51. The first-order valence-corrected chi connectivity index (χ1v) is 6.93. The highest BCUT2D eigenvalue weighted by molar-refractivity contribution is 6.30. The predicted octanol–water partition coefficient (Wildman–Crippen LogP) is 3.85. The molecular formula is C15H24ClFN2. The zero-order valence-electron chi connectivity index (χ0n) is 12.4. The van der Waals surface area contributed by atoms with Crippen molar-refractivity contribution in [1.29, 1.82) is 0 Å². The predicted molar refractivity (Wildman–Crippen MR) is 79.9 cm³/mol. The quantitative estimate of drug-likeness (QED) is 0.911. The second-order valence-electron chi connectivity index (χ2n) is 6.12. The second kappa shape index (κ2) is 6.21. The Morgan fingerprint density at radius 2 is 1.95 bits per heavy atom. The van der Waals surface area contributed by atoms with E-state index in [2.05, 4.69) is 32.6 Å². The molecule has 19 heavy (non-hydrogen) atoms. The summed E-state index contributed by atoms with van der Waals surface area (Å²) in [6.45, 7) is 8.97. The van der Waals surface area contributed by atoms with Crippen LogP contribution in [0.15, 0.2) is 18.2 Å². The van der Waals surface area contributed by atoms with E-state index in [4.69, 9.17) is 17.3 Å². The van der Waals surface area contributed by atoms with Crippen LogP contribution >= 0.6 is 11.6 Å². The molecule has 0 aliphatic heterocycles. The van der Waals surface area contributed by atoms with Gasteiger partial charge < -0.3 is 5.73 Å². The van der Waals surface area contributed by atoms with Crippen LogP contribution < -0.4 is 5.73 Å². The maximum absolute atomic E-state index is 14.0. The molecule has 0 spiro atoms. The molecule has 1 aromatic carbocycles. The van der Waals surface area contributed by atoms with Crippen molar-refractivity contribution < 1.29 is 4.39 Å². The molecule has 0 radical (unpaired) electrons. The number of likely N-dealkylation sites (N-methyl/N-ethyl adjacent to an activating group) is 1. The molecule has 2 unspecified atom stereocenters. The highest BCUT2D eigenvalue weighted by Gasteiger charge is 2.30. The molecule has 0 aromatic heterocycles. The van der Waals surface area contributed by atoms with Gasteiger partial charge in [-0.15, -0.1) is 0 Å². The Bertz CT molecular complexity index is 429. The van der Waals surface area contributed by atoms with E-state index in [1.807, 2.05) is 7.05 Å². The fourth-order valence-electron chi connectivity index (χ4n) is 2.16. The molecule has 0 saturated carbocycles. The number of nitrogens with zero attached hydrogens (tertiary/aromatic N) is 1. The van der Waals surface area contributed by atoms with Gasteiger partial charge in [0.2, 0.25) is 0 Å². The summed E-state index contributed by atoms with van der Waals surface area (Å²) in [5.74, 6) is -0.257. The number of benzene rings is 1. The molecule has 0 aliphatic carbocycles. The van der Waals surface area contributed by atoms with Crippen LogP contribution in [0, 0.1) is 11.2 Å². The Balaban J connectivity index is 3.10. The highest BCUT2D eigenvalue weighted by atomic mass is 35.5. The van der Waals surface area contributed by atoms with Crippen LogP contribution in [0.25, 0.3) is 0 Å². The second-order valence-corrected chi connectivity index (χ2v) is 6.56. The van der Waals surface area contributed by atoms with Crippen LogP contribution in [0.1, 0.15) is 39.3 Å². The smallest absolute Gasteiger partial charge is 0.128 e. The SMILES string of the molecule is CC(N(C)C(CN)c1cc(Cl)ccc1F)C(C)(C)C. The molecule has 4 heteroatoms. The molecule has 2 nitrogen and oxygen atoms in total. The number of rotatable bonds is 4. The Labute approximate surface area is 120 Å². The normalized spacial score (nSPS) is 15.6. The third-order valence-corrected chi connectivity index (χ3v) is 4.13. The molecule has 2 N–H and O–H groups in total. The van der Waals surface area contributed by atoms with Gasteiger partial charge in [0.05, 0.1) is 0 Å². The van der Waals surface area contributed by atoms with E-state index in [0.717, 1.165) is 0 Å². The van der Waals surface area contributed by atoms with Gasteiger partial charge in [-0.3, -0.25) is 4.90 Å². The van der Waals surface area contributed by atoms with Crippen molar-refractivity contribution in [2.45, 2.75) is 39.8 Å². The standard InChI is InChI=1S/C15H24ClFN2/c1-10(15(2,3)4)19(5)14(9-18)12-8-11(16)6-7-13(12)17/h6-8,10,14H,9,18H2,1-5H3. The minimum atomic E-state index is -0.257. The highest BCUT2D eigenvalue weighted by Crippen LogP contribution is 2.31. The van der Waals surface area contributed by atoms with Crippen molar-refractivity contribution in [2.75, 3.05) is 13.6 Å². The summed E-state index contributed by atoms with van der Waals surface area (Å²) in [5, 5.41) is 0.534. The maximum Gasteiger partial charge on any atom is 0.128 e. The molecule has 2 atom stereocenters. The van der Waals surface area contributed by atoms with E-state index in [9.17, 15) is 4.39 Å². The van der Waals surface area contributed by atoms with E-state index >= 15 is 0 Å². The Kier molecular flexibility index (Phi) is 5.36. The minimum absolute atomic E-state index is 0.0945. The lowest BCUT2D eigenvalue weighted by Gasteiger charge is -2.40. The lowest BCUT2D eigenvalue weighted by Crippen LogP contribution is -2.44. The largest absolute Gasteiger partial charge is 0.329 e. The van der Waals surface area contributed by atoms with Gasteiger partial charge in [0, 0.05) is 29.2 Å². The van der Waals surface area contributed by atoms with Crippen LogP contribution in [-0.2, 0) is 0 Å². The maximum atomic E-state index is 14.0. The molecular weight excluding hydrogens is 263 g/mol. The van der Waals surface area contributed by atoms with Gasteiger partial charge in [-0.05, 0) is 37.6 Å². The number of hydrogen-bond donors (Lipinski definition) is 1. The lowest BCUT2D eigenvalue weighted by molar-refractivity contribution is 0.0984. The van der Waals surface area contributed by atoms with Gasteiger partial charge in [-0.25, -0.2) is 4.39 Å². The molecule has 0 bridgehead atoms. The van der Waals surface area contributed by atoms with E-state index < -0.39 is 0 Å². The summed E-state index contributed by atoms with van der Waals surface area (Å²) >= 11 is 5.97. The van der Waals surface area contributed by atoms with Crippen LogP contribution in [0.4, 0.5) is 4.39 Å². The molecule has 0 amide bonds. The average Bonchev–Trinajstić information content (AvgIpc) is 2.32. The van der Waals surface area contributed by atoms with Gasteiger partial charge in [0.15, 0.2) is 0 Å². The third kappa shape index (κ3) is 3.91. The van der Waals surface area contributed by atoms with Crippen molar-refractivity contribution in [1.82, 2.24) is 4.90 Å². The zero-order chi connectivity index (χ0) is 14.8. The van der Waals surface area contributed by atoms with Crippen LogP contribution in [0.2, 0.25) is 5.02 Å². The molecule has 0 saturated heterocycles. The summed E-state index contributed by atoms with van der Waals surface area (Å²) in [6.07, 6.45) is 0. The zero-order valence-corrected chi connectivity index (χ0v) is 13.1. The van der Waals surface area contributed by atoms with Crippen LogP contribution in [0.3, 0.4) is 0 Å². The van der Waals surface area contributed by atoms with Crippen molar-refractivity contribution in [3.63, 3.8) is 0 Å². The van der Waals surface area contributed by atoms with Gasteiger partial charge in [0.25, 0.3) is 0 Å². The summed E-state index contributed by atoms with van der Waals surface area (Å²) in [6, 6.07) is 4.71. The van der Waals surface area contributed by atoms with Gasteiger partial charge >= 0.3 is 0 Å². The van der Waals surface area contributed by atoms with E-state index in [-0.39, 0.29) is 23.3 Å². The molecule has 108 valence electrons. The van der Waals surface area contributed by atoms with E-state index in [1.54, 1.807) is 12.1 Å². The molecule has 0 heterocycles. The van der Waals surface area contributed by atoms with E-state index in [1.165, 1.54) is 6.07 Å². The van der Waals surface area contributed by atoms with Crippen molar-refractivity contribution >= 4 is 11.6 Å². The molecule has 1 rings (SSSR count). The van der Waals surface area contributed by atoms with Crippen molar-refractivity contribution in [3.05, 3.63) is 34.6 Å². The third-order valence-electron chi connectivity index (χ3n) is 3.90. The first kappa shape index (κ1) is 16.4.